The molecule has 64 valence electrons. The van der Waals surface area contributed by atoms with E-state index in [0.717, 1.165) is 12.8 Å². The van der Waals surface area contributed by atoms with Crippen molar-refractivity contribution in [2.75, 3.05) is 0 Å². The largest absolute Gasteiger partial charge is 0.415 e. The molecule has 0 N–H and O–H groups in total. The average molecular weight is 195 g/mol. The minimum atomic E-state index is -0.708. The topological polar surface area (TPSA) is 26.3 Å². The highest BCUT2D eigenvalue weighted by Crippen LogP contribution is 2.29. The first-order chi connectivity index (χ1) is 5.29. The minimum absolute atomic E-state index is 0.478. The van der Waals surface area contributed by atoms with Crippen molar-refractivity contribution in [3.63, 3.8) is 0 Å². The molecule has 0 heterocycles. The Hall–Kier alpha value is 0.110. The number of halogens is 1. The predicted molar refractivity (Wildman–Crippen MR) is 46.8 cm³/mol. The van der Waals surface area contributed by atoms with E-state index in [-0.39, 0.29) is 0 Å². The number of hydrogen-bond acceptors (Lipinski definition) is 3. The molecular weight excluding hydrogens is 184 g/mol. The molecule has 2 nitrogen and oxygen atoms in total. The van der Waals surface area contributed by atoms with Crippen LogP contribution in [0.5, 0.6) is 0 Å². The van der Waals surface area contributed by atoms with Crippen LogP contribution >= 0.6 is 23.6 Å². The van der Waals surface area contributed by atoms with E-state index in [1.807, 2.05) is 0 Å². The predicted octanol–water partition coefficient (Wildman–Crippen LogP) is 3.34. The van der Waals surface area contributed by atoms with Crippen molar-refractivity contribution < 1.29 is 8.98 Å². The summed E-state index contributed by atoms with van der Waals surface area (Å²) in [5.41, 5.74) is -0.708. The molecule has 1 rings (SSSR count). The van der Waals surface area contributed by atoms with Gasteiger partial charge in [-0.25, -0.2) is 4.79 Å². The van der Waals surface area contributed by atoms with Crippen LogP contribution in [0, 0.1) is 0 Å². The first-order valence-corrected chi connectivity index (χ1v) is 5.00. The Balaban J connectivity index is 2.09. The van der Waals surface area contributed by atoms with Crippen LogP contribution in [0.25, 0.3) is 0 Å². The fraction of sp³-hybridized carbons (Fsp3) is 0.857. The molecule has 0 aromatic rings. The third-order valence-corrected chi connectivity index (χ3v) is 2.96. The summed E-state index contributed by atoms with van der Waals surface area (Å²) >= 11 is 6.24. The Labute approximate surface area is 75.8 Å². The maximum Gasteiger partial charge on any atom is 0.415 e. The van der Waals surface area contributed by atoms with Crippen molar-refractivity contribution >= 4 is 29.1 Å². The quantitative estimate of drug-likeness (QED) is 0.498. The van der Waals surface area contributed by atoms with Gasteiger partial charge in [-0.2, -0.15) is 0 Å². The number of carbonyl (C=O) groups is 1. The molecule has 1 fully saturated rings. The molecular formula is C7H11ClO2S. The second-order valence-electron chi connectivity index (χ2n) is 2.68. The standard InChI is InChI=1S/C7H11ClO2S/c8-7(9)10-11-6-4-2-1-3-5-6/h6H,1-5H2. The van der Waals surface area contributed by atoms with Gasteiger partial charge in [-0.15, -0.1) is 0 Å². The Morgan fingerprint density at radius 3 is 2.55 bits per heavy atom. The molecule has 1 aliphatic rings. The molecule has 0 unspecified atom stereocenters. The Kier molecular flexibility index (Phi) is 4.08. The summed E-state index contributed by atoms with van der Waals surface area (Å²) in [4.78, 5) is 10.2. The minimum Gasteiger partial charge on any atom is -0.379 e. The van der Waals surface area contributed by atoms with Crippen LogP contribution in [0.2, 0.25) is 0 Å². The first kappa shape index (κ1) is 9.20. The third kappa shape index (κ3) is 3.87. The normalized spacial score (nSPS) is 19.7. The SMILES string of the molecule is O=C(Cl)OSC1CCCCC1. The highest BCUT2D eigenvalue weighted by atomic mass is 35.5. The summed E-state index contributed by atoms with van der Waals surface area (Å²) < 4.78 is 4.62. The summed E-state index contributed by atoms with van der Waals surface area (Å²) in [6, 6.07) is 0. The van der Waals surface area contributed by atoms with E-state index in [0.29, 0.717) is 5.25 Å². The van der Waals surface area contributed by atoms with Crippen molar-refractivity contribution in [3.05, 3.63) is 0 Å². The molecule has 0 atom stereocenters. The van der Waals surface area contributed by atoms with E-state index in [1.54, 1.807) is 0 Å². The van der Waals surface area contributed by atoms with Crippen LogP contribution < -0.4 is 0 Å². The van der Waals surface area contributed by atoms with Gasteiger partial charge in [0.25, 0.3) is 0 Å². The lowest BCUT2D eigenvalue weighted by molar-refractivity contribution is 0.232. The van der Waals surface area contributed by atoms with Gasteiger partial charge < -0.3 is 4.18 Å². The molecule has 0 aliphatic heterocycles. The fourth-order valence-corrected chi connectivity index (χ4v) is 2.11. The molecule has 1 aliphatic carbocycles. The van der Waals surface area contributed by atoms with Gasteiger partial charge in [0.05, 0.1) is 12.0 Å². The number of carbonyl (C=O) groups excluding carboxylic acids is 1. The molecule has 0 aromatic carbocycles. The fourth-order valence-electron chi connectivity index (χ4n) is 1.27. The summed E-state index contributed by atoms with van der Waals surface area (Å²) in [5, 5.41) is 0.478. The van der Waals surface area contributed by atoms with Crippen LogP contribution in [-0.2, 0) is 4.18 Å². The van der Waals surface area contributed by atoms with Gasteiger partial charge >= 0.3 is 5.43 Å². The van der Waals surface area contributed by atoms with E-state index in [1.165, 1.54) is 31.3 Å². The average Bonchev–Trinajstić information content (AvgIpc) is 2.03. The molecule has 11 heavy (non-hydrogen) atoms. The van der Waals surface area contributed by atoms with Gasteiger partial charge in [0, 0.05) is 16.9 Å². The highest BCUT2D eigenvalue weighted by Gasteiger charge is 2.15. The maximum atomic E-state index is 10.2. The van der Waals surface area contributed by atoms with Crippen molar-refractivity contribution in [2.45, 2.75) is 37.4 Å². The Morgan fingerprint density at radius 1 is 1.36 bits per heavy atom. The monoisotopic (exact) mass is 194 g/mol. The summed E-state index contributed by atoms with van der Waals surface area (Å²) in [7, 11) is 0. The molecule has 0 aromatic heterocycles. The van der Waals surface area contributed by atoms with Crippen molar-refractivity contribution in [3.8, 4) is 0 Å². The van der Waals surface area contributed by atoms with Crippen LogP contribution in [0.15, 0.2) is 0 Å². The van der Waals surface area contributed by atoms with Crippen molar-refractivity contribution in [1.82, 2.24) is 0 Å². The van der Waals surface area contributed by atoms with Crippen LogP contribution in [0.4, 0.5) is 4.79 Å². The first-order valence-electron chi connectivity index (χ1n) is 3.82. The van der Waals surface area contributed by atoms with Crippen molar-refractivity contribution in [2.24, 2.45) is 0 Å². The van der Waals surface area contributed by atoms with Crippen molar-refractivity contribution in [1.29, 1.82) is 0 Å². The van der Waals surface area contributed by atoms with Crippen LogP contribution in [0.1, 0.15) is 32.1 Å². The smallest absolute Gasteiger partial charge is 0.379 e. The van der Waals surface area contributed by atoms with Crippen LogP contribution in [-0.4, -0.2) is 10.7 Å². The van der Waals surface area contributed by atoms with Gasteiger partial charge in [-0.1, -0.05) is 19.3 Å². The molecule has 0 radical (unpaired) electrons. The van der Waals surface area contributed by atoms with Gasteiger partial charge in [-0.05, 0) is 12.8 Å². The van der Waals surface area contributed by atoms with E-state index in [4.69, 9.17) is 11.6 Å². The van der Waals surface area contributed by atoms with E-state index in [9.17, 15) is 4.79 Å². The van der Waals surface area contributed by atoms with E-state index >= 15 is 0 Å². The third-order valence-electron chi connectivity index (χ3n) is 1.80. The lowest BCUT2D eigenvalue weighted by Crippen LogP contribution is -2.08. The van der Waals surface area contributed by atoms with Gasteiger partial charge in [0.2, 0.25) is 0 Å². The molecule has 0 amide bonds. The zero-order chi connectivity index (χ0) is 8.10. The summed E-state index contributed by atoms with van der Waals surface area (Å²) in [6.45, 7) is 0. The molecule has 0 saturated heterocycles. The van der Waals surface area contributed by atoms with Crippen LogP contribution in [0.3, 0.4) is 0 Å². The molecule has 1 saturated carbocycles. The van der Waals surface area contributed by atoms with E-state index < -0.39 is 5.43 Å². The summed E-state index contributed by atoms with van der Waals surface area (Å²) in [6.07, 6.45) is 6.10. The Bertz CT molecular complexity index is 134. The second-order valence-corrected chi connectivity index (χ2v) is 4.01. The van der Waals surface area contributed by atoms with Gasteiger partial charge in [0.15, 0.2) is 0 Å². The lowest BCUT2D eigenvalue weighted by atomic mass is 10.0. The Morgan fingerprint density at radius 2 is 2.00 bits per heavy atom. The zero-order valence-corrected chi connectivity index (χ0v) is 7.79. The zero-order valence-electron chi connectivity index (χ0n) is 6.22. The number of hydrogen-bond donors (Lipinski definition) is 0. The maximum absolute atomic E-state index is 10.2. The van der Waals surface area contributed by atoms with Gasteiger partial charge in [-0.3, -0.25) is 0 Å². The van der Waals surface area contributed by atoms with Gasteiger partial charge in [0.1, 0.15) is 0 Å². The highest BCUT2D eigenvalue weighted by molar-refractivity contribution is 7.95. The molecule has 0 bridgehead atoms. The second kappa shape index (κ2) is 4.88. The molecule has 4 heteroatoms. The summed E-state index contributed by atoms with van der Waals surface area (Å²) in [5.74, 6) is 0. The molecule has 0 spiro atoms. The van der Waals surface area contributed by atoms with E-state index in [2.05, 4.69) is 4.18 Å². The lowest BCUT2D eigenvalue weighted by Gasteiger charge is -2.18. The number of rotatable bonds is 2.